The summed E-state index contributed by atoms with van der Waals surface area (Å²) in [6, 6.07) is 19.2. The molecule has 0 aliphatic heterocycles. The Morgan fingerprint density at radius 1 is 1.07 bits per heavy atom. The van der Waals surface area contributed by atoms with Gasteiger partial charge in [-0.1, -0.05) is 49.4 Å². The summed E-state index contributed by atoms with van der Waals surface area (Å²) in [5.41, 5.74) is 2.85. The molecule has 1 aromatic heterocycles. The fourth-order valence-corrected chi connectivity index (χ4v) is 2.67. The molecule has 3 aromatic rings. The molecule has 6 heteroatoms. The molecular formula is C22H24N4O2. The lowest BCUT2D eigenvalue weighted by Crippen LogP contribution is -2.16. The van der Waals surface area contributed by atoms with Gasteiger partial charge in [-0.15, -0.1) is 0 Å². The van der Waals surface area contributed by atoms with Crippen LogP contribution in [-0.2, 0) is 4.74 Å². The van der Waals surface area contributed by atoms with Gasteiger partial charge in [0.25, 0.3) is 0 Å². The van der Waals surface area contributed by atoms with Crippen LogP contribution in [0.25, 0.3) is 11.3 Å². The third-order valence-corrected chi connectivity index (χ3v) is 4.38. The highest BCUT2D eigenvalue weighted by molar-refractivity contribution is 5.96. The van der Waals surface area contributed by atoms with Crippen LogP contribution in [0, 0.1) is 0 Å². The van der Waals surface area contributed by atoms with Gasteiger partial charge in [-0.3, -0.25) is 0 Å². The molecule has 0 bridgehead atoms. The van der Waals surface area contributed by atoms with E-state index >= 15 is 0 Å². The van der Waals surface area contributed by atoms with E-state index in [2.05, 4.69) is 34.4 Å². The maximum absolute atomic E-state index is 12.1. The minimum absolute atomic E-state index is 0.237. The second-order valence-corrected chi connectivity index (χ2v) is 6.44. The van der Waals surface area contributed by atoms with E-state index in [9.17, 15) is 4.79 Å². The number of hydrogen-bond donors (Lipinski definition) is 2. The molecule has 1 atom stereocenters. The van der Waals surface area contributed by atoms with Crippen molar-refractivity contribution in [3.05, 3.63) is 66.2 Å². The van der Waals surface area contributed by atoms with Crippen molar-refractivity contribution in [1.29, 1.82) is 0 Å². The van der Waals surface area contributed by atoms with Crippen molar-refractivity contribution < 1.29 is 9.53 Å². The summed E-state index contributed by atoms with van der Waals surface area (Å²) in [4.78, 5) is 21.3. The predicted molar refractivity (Wildman–Crippen MR) is 112 cm³/mol. The van der Waals surface area contributed by atoms with Gasteiger partial charge in [0, 0.05) is 17.7 Å². The molecule has 0 fully saturated rings. The summed E-state index contributed by atoms with van der Waals surface area (Å²) in [5, 5.41) is 6.56. The average molecular weight is 376 g/mol. The number of anilines is 3. The van der Waals surface area contributed by atoms with E-state index in [1.807, 2.05) is 48.5 Å². The molecule has 0 saturated heterocycles. The Hall–Kier alpha value is -3.41. The van der Waals surface area contributed by atoms with E-state index < -0.39 is 5.97 Å². The first kappa shape index (κ1) is 19.4. The molecule has 1 unspecified atom stereocenters. The smallest absolute Gasteiger partial charge is 0.339 e. The highest BCUT2D eigenvalue weighted by Gasteiger charge is 2.14. The average Bonchev–Trinajstić information content (AvgIpc) is 2.74. The number of rotatable bonds is 7. The second-order valence-electron chi connectivity index (χ2n) is 6.44. The van der Waals surface area contributed by atoms with Crippen LogP contribution in [0.3, 0.4) is 0 Å². The maximum Gasteiger partial charge on any atom is 0.339 e. The normalized spacial score (nSPS) is 11.5. The van der Waals surface area contributed by atoms with Gasteiger partial charge in [-0.25, -0.2) is 9.78 Å². The Bertz CT molecular complexity index is 944. The Morgan fingerprint density at radius 2 is 1.79 bits per heavy atom. The van der Waals surface area contributed by atoms with Crippen molar-refractivity contribution in [3.63, 3.8) is 0 Å². The van der Waals surface area contributed by atoms with Gasteiger partial charge in [-0.2, -0.15) is 4.98 Å². The van der Waals surface area contributed by atoms with Gasteiger partial charge in [0.05, 0.1) is 24.1 Å². The summed E-state index contributed by atoms with van der Waals surface area (Å²) in [7, 11) is 1.37. The summed E-state index contributed by atoms with van der Waals surface area (Å²) in [5.74, 6) is 0.725. The number of benzene rings is 2. The molecule has 3 rings (SSSR count). The van der Waals surface area contributed by atoms with Crippen molar-refractivity contribution in [2.24, 2.45) is 0 Å². The number of ether oxygens (including phenoxy) is 1. The number of aromatic nitrogens is 2. The van der Waals surface area contributed by atoms with Gasteiger partial charge in [0.1, 0.15) is 5.82 Å². The van der Waals surface area contributed by atoms with Crippen LogP contribution in [0.15, 0.2) is 60.7 Å². The largest absolute Gasteiger partial charge is 0.465 e. The summed E-state index contributed by atoms with van der Waals surface area (Å²) < 4.78 is 4.87. The van der Waals surface area contributed by atoms with Crippen LogP contribution < -0.4 is 10.6 Å². The first-order valence-corrected chi connectivity index (χ1v) is 9.26. The number of carbonyl (C=O) groups is 1. The maximum atomic E-state index is 12.1. The number of nitrogens with one attached hydrogen (secondary N) is 2. The minimum Gasteiger partial charge on any atom is -0.465 e. The third-order valence-electron chi connectivity index (χ3n) is 4.38. The minimum atomic E-state index is -0.404. The topological polar surface area (TPSA) is 76.1 Å². The van der Waals surface area contributed by atoms with Crippen LogP contribution in [0.1, 0.15) is 30.6 Å². The zero-order valence-corrected chi connectivity index (χ0v) is 16.3. The Morgan fingerprint density at radius 3 is 2.50 bits per heavy atom. The van der Waals surface area contributed by atoms with Crippen molar-refractivity contribution >= 4 is 23.4 Å². The molecule has 0 amide bonds. The quantitative estimate of drug-likeness (QED) is 0.572. The van der Waals surface area contributed by atoms with Gasteiger partial charge < -0.3 is 15.4 Å². The Kier molecular flexibility index (Phi) is 6.22. The fourth-order valence-electron chi connectivity index (χ4n) is 2.67. The van der Waals surface area contributed by atoms with Gasteiger partial charge >= 0.3 is 5.97 Å². The van der Waals surface area contributed by atoms with E-state index in [1.165, 1.54) is 7.11 Å². The predicted octanol–water partition coefficient (Wildman–Crippen LogP) is 4.88. The van der Waals surface area contributed by atoms with Crippen LogP contribution in [0.4, 0.5) is 17.5 Å². The zero-order valence-electron chi connectivity index (χ0n) is 16.3. The molecule has 6 nitrogen and oxygen atoms in total. The SMILES string of the molecule is CCC(C)Nc1nc(Nc2ccccc2C(=O)OC)cc(-c2ccccc2)n1. The Labute approximate surface area is 165 Å². The van der Waals surface area contributed by atoms with Crippen LogP contribution in [0.5, 0.6) is 0 Å². The molecule has 28 heavy (non-hydrogen) atoms. The van der Waals surface area contributed by atoms with Gasteiger partial charge in [-0.05, 0) is 25.5 Å². The van der Waals surface area contributed by atoms with E-state index in [-0.39, 0.29) is 6.04 Å². The number of nitrogens with zero attached hydrogens (tertiary/aromatic N) is 2. The number of carbonyl (C=O) groups excluding carboxylic acids is 1. The van der Waals surface area contributed by atoms with Crippen molar-refractivity contribution in [3.8, 4) is 11.3 Å². The highest BCUT2D eigenvalue weighted by Crippen LogP contribution is 2.26. The van der Waals surface area contributed by atoms with E-state index in [0.717, 1.165) is 17.7 Å². The second kappa shape index (κ2) is 8.99. The number of para-hydroxylation sites is 1. The number of esters is 1. The van der Waals surface area contributed by atoms with Crippen LogP contribution in [-0.4, -0.2) is 29.1 Å². The van der Waals surface area contributed by atoms with Gasteiger partial charge in [0.2, 0.25) is 5.95 Å². The highest BCUT2D eigenvalue weighted by atomic mass is 16.5. The molecule has 0 aliphatic carbocycles. The third kappa shape index (κ3) is 4.65. The van der Waals surface area contributed by atoms with Gasteiger partial charge in [0.15, 0.2) is 0 Å². The van der Waals surface area contributed by atoms with E-state index in [1.54, 1.807) is 12.1 Å². The fraction of sp³-hybridized carbons (Fsp3) is 0.227. The molecule has 2 N–H and O–H groups in total. The summed E-state index contributed by atoms with van der Waals surface area (Å²) >= 11 is 0. The molecular weight excluding hydrogens is 352 g/mol. The molecule has 0 radical (unpaired) electrons. The van der Waals surface area contributed by atoms with Crippen molar-refractivity contribution in [2.75, 3.05) is 17.7 Å². The molecule has 0 saturated carbocycles. The van der Waals surface area contributed by atoms with Crippen molar-refractivity contribution in [1.82, 2.24) is 9.97 Å². The molecule has 2 aromatic carbocycles. The van der Waals surface area contributed by atoms with Crippen LogP contribution in [0.2, 0.25) is 0 Å². The molecule has 0 aliphatic rings. The van der Waals surface area contributed by atoms with E-state index in [0.29, 0.717) is 23.0 Å². The lowest BCUT2D eigenvalue weighted by Gasteiger charge is -2.15. The number of methoxy groups -OCH3 is 1. The first-order valence-electron chi connectivity index (χ1n) is 9.26. The first-order chi connectivity index (χ1) is 13.6. The number of hydrogen-bond acceptors (Lipinski definition) is 6. The monoisotopic (exact) mass is 376 g/mol. The Balaban J connectivity index is 2.01. The lowest BCUT2D eigenvalue weighted by atomic mass is 10.1. The lowest BCUT2D eigenvalue weighted by molar-refractivity contribution is 0.0602. The molecule has 0 spiro atoms. The van der Waals surface area contributed by atoms with Crippen molar-refractivity contribution in [2.45, 2.75) is 26.3 Å². The van der Waals surface area contributed by atoms with E-state index in [4.69, 9.17) is 4.74 Å². The van der Waals surface area contributed by atoms with Crippen LogP contribution >= 0.6 is 0 Å². The zero-order chi connectivity index (χ0) is 19.9. The summed E-state index contributed by atoms with van der Waals surface area (Å²) in [6.45, 7) is 4.18. The molecule has 1 heterocycles. The molecule has 144 valence electrons. The summed E-state index contributed by atoms with van der Waals surface area (Å²) in [6.07, 6.45) is 0.951. The standard InChI is InChI=1S/C22H24N4O2/c1-4-15(2)23-22-25-19(16-10-6-5-7-11-16)14-20(26-22)24-18-13-9-8-12-17(18)21(27)28-3/h5-15H,4H2,1-3H3,(H2,23,24,25,26).